The van der Waals surface area contributed by atoms with Gasteiger partial charge in [0.2, 0.25) is 17.7 Å². The molecule has 0 aromatic carbocycles. The van der Waals surface area contributed by atoms with Gasteiger partial charge in [-0.2, -0.15) is 0 Å². The second-order valence-corrected chi connectivity index (χ2v) is 32.3. The summed E-state index contributed by atoms with van der Waals surface area (Å²) in [5.41, 5.74) is -0.791. The normalized spacial score (nSPS) is 32.8. The SMILES string of the molecule is CC(COCCC(=O)NCCCNC(=O)CCCCOC1OC(CO[PH]23OC(O2)O3)C(O)C(O)C1O)(COCCC(=O)NCCCNC(=O)CCCCOC1OC(CO[PH]23OC(O2)O3)C(O)C(O)C1O)COCCC(=O)NCCCNC(=O)CCCCOC1OC(CO[PH]23OC(O2)O3)C(O)C(O)C1O. The van der Waals surface area contributed by atoms with Crippen LogP contribution in [-0.4, -0.2) is 311 Å². The molecule has 602 valence electrons. The van der Waals surface area contributed by atoms with Crippen LogP contribution >= 0.6 is 24.5 Å². The molecule has 12 fully saturated rings. The summed E-state index contributed by atoms with van der Waals surface area (Å²) in [6.45, 7) is 1.30. The molecule has 104 heavy (non-hydrogen) atoms. The van der Waals surface area contributed by atoms with Crippen LogP contribution in [0.5, 0.6) is 0 Å². The van der Waals surface area contributed by atoms with Crippen LogP contribution in [0.3, 0.4) is 0 Å². The van der Waals surface area contributed by atoms with Crippen LogP contribution in [0.15, 0.2) is 0 Å². The molecule has 15 N–H and O–H groups in total. The molecule has 12 aliphatic rings. The molecule has 0 spiro atoms. The average Bonchev–Trinajstić information content (AvgIpc) is 0.737. The van der Waals surface area contributed by atoms with Gasteiger partial charge in [0.25, 0.3) is 0 Å². The Morgan fingerprint density at radius 2 is 0.558 bits per heavy atom. The van der Waals surface area contributed by atoms with Gasteiger partial charge in [0.15, 0.2) is 0 Å². The number of nitrogens with one attached hydrogen (secondary N) is 6. The molecule has 0 aromatic rings. The number of hydrogen-bond acceptors (Lipinski definition) is 36. The fraction of sp³-hybridized carbons (Fsp3) is 0.898. The molecular formula is C59H105N6O36P3. The van der Waals surface area contributed by atoms with Crippen molar-refractivity contribution in [3.63, 3.8) is 0 Å². The number of aliphatic hydroxyl groups excluding tert-OH is 9. The summed E-state index contributed by atoms with van der Waals surface area (Å²) in [5, 5.41) is 110. The molecule has 0 radical (unpaired) electrons. The molecular weight excluding hydrogens is 1460 g/mol. The molecule has 12 aliphatic heterocycles. The molecule has 0 saturated carbocycles. The van der Waals surface area contributed by atoms with E-state index in [1.165, 1.54) is 0 Å². The maximum absolute atomic E-state index is 12.7. The van der Waals surface area contributed by atoms with Crippen LogP contribution in [0.1, 0.15) is 103 Å². The maximum atomic E-state index is 12.7. The number of carbonyl (C=O) groups excluding carboxylic acids is 6. The topological polar surface area (TPSA) is 551 Å². The Morgan fingerprint density at radius 3 is 0.788 bits per heavy atom. The molecule has 45 heteroatoms. The first kappa shape index (κ1) is 84.9. The van der Waals surface area contributed by atoms with Gasteiger partial charge in [-0.1, -0.05) is 6.92 Å². The Hall–Kier alpha value is -3.09. The molecule has 6 bridgehead atoms. The standard InChI is InChI=1S/C59H105N6O36P3/c1-59(32-81-26-14-41(69)63-20-8-17-60-38(66)11-2-5-23-84-53-50(78)47(75)44(72)35(90-53)29-87-102-93-56(94-102)95-102,33-82-27-15-42(70)64-21-9-18-61-39(67)12-3-6-24-85-54-51(79)48(76)45(73)36(91-54)30-88-103-96-57(97-103)98-103)34-83-28-16-43(71)65-22-10-19-62-40(68)13-4-7-25-86-55-52(80)49(77)46(74)37(92-55)31-89-104-99-58(100-104)101-104/h35-37,44-58,72-80,102-104H,2-34H2,1H3,(H,60,66)(H,61,67)(H,62,68)(H,63,69)(H,64,70)(H,65,71). The second-order valence-electron chi connectivity index (χ2n) is 26.3. The van der Waals surface area contributed by atoms with Gasteiger partial charge in [-0.05, 0) is 19.3 Å². The van der Waals surface area contributed by atoms with Crippen LogP contribution in [0.25, 0.3) is 0 Å². The molecule has 0 aromatic heterocycles. The Bertz CT molecular complexity index is 2380. The molecule has 0 aliphatic carbocycles. The van der Waals surface area contributed by atoms with Crippen molar-refractivity contribution in [2.75, 3.05) is 119 Å². The van der Waals surface area contributed by atoms with E-state index < -0.39 is 141 Å². The number of hydrogen-bond donors (Lipinski definition) is 15. The molecule has 12 heterocycles. The summed E-state index contributed by atoms with van der Waals surface area (Å²) in [6, 6.07) is 0. The van der Waals surface area contributed by atoms with Crippen LogP contribution < -0.4 is 31.9 Å². The van der Waals surface area contributed by atoms with Crippen molar-refractivity contribution in [1.29, 1.82) is 0 Å². The third kappa shape index (κ3) is 25.7. The number of ether oxygens (including phenoxy) is 9. The zero-order chi connectivity index (χ0) is 74.3. The first-order valence-corrected chi connectivity index (χ1v) is 40.1. The average molecular weight is 1570 g/mol. The van der Waals surface area contributed by atoms with Gasteiger partial charge >= 0.3 is 410 Å². The number of carbonyl (C=O) groups is 6. The number of amides is 6. The first-order chi connectivity index (χ1) is 49.9. The summed E-state index contributed by atoms with van der Waals surface area (Å²) >= 11 is 0. The van der Waals surface area contributed by atoms with Crippen molar-refractivity contribution < 1.29 is 172 Å². The van der Waals surface area contributed by atoms with Crippen LogP contribution in [0.4, 0.5) is 0 Å². The summed E-state index contributed by atoms with van der Waals surface area (Å²) in [4.78, 5) is 75.6. The van der Waals surface area contributed by atoms with Crippen LogP contribution in [0, 0.1) is 5.41 Å². The van der Waals surface area contributed by atoms with Gasteiger partial charge in [-0.15, -0.1) is 0 Å². The number of rotatable bonds is 54. The fourth-order valence-corrected chi connectivity index (χ4v) is 15.1. The minimum absolute atomic E-state index is 0.0200. The van der Waals surface area contributed by atoms with E-state index in [4.69, 9.17) is 96.9 Å². The van der Waals surface area contributed by atoms with E-state index in [0.29, 0.717) is 77.4 Å². The van der Waals surface area contributed by atoms with Gasteiger partial charge in [-0.25, -0.2) is 0 Å². The molecule has 15 unspecified atom stereocenters. The number of aliphatic hydroxyl groups is 9. The van der Waals surface area contributed by atoms with Crippen molar-refractivity contribution >= 4 is 60.0 Å². The number of unbranched alkanes of at least 4 members (excludes halogenated alkanes) is 3. The predicted octanol–water partition coefficient (Wildman–Crippen LogP) is -4.57. The van der Waals surface area contributed by atoms with Gasteiger partial charge in [0, 0.05) is 63.9 Å². The van der Waals surface area contributed by atoms with E-state index in [2.05, 4.69) is 31.9 Å². The van der Waals surface area contributed by atoms with Gasteiger partial charge in [-0.3, -0.25) is 14.4 Å². The third-order valence-corrected chi connectivity index (χ3v) is 23.3. The van der Waals surface area contributed by atoms with E-state index >= 15 is 0 Å². The van der Waals surface area contributed by atoms with Crippen molar-refractivity contribution in [2.45, 2.75) is 215 Å². The van der Waals surface area contributed by atoms with Gasteiger partial charge in [0.05, 0.1) is 39.6 Å². The van der Waals surface area contributed by atoms with Crippen molar-refractivity contribution in [2.24, 2.45) is 5.41 Å². The minimum atomic E-state index is -3.14. The molecule has 15 atom stereocenters. The molecule has 12 rings (SSSR count). The van der Waals surface area contributed by atoms with Gasteiger partial charge < -0.3 is 30.2 Å². The predicted molar refractivity (Wildman–Crippen MR) is 350 cm³/mol. The Kier molecular flexibility index (Phi) is 34.1. The Morgan fingerprint density at radius 1 is 0.317 bits per heavy atom. The van der Waals surface area contributed by atoms with E-state index in [1.54, 1.807) is 0 Å². The van der Waals surface area contributed by atoms with Crippen molar-refractivity contribution in [3.05, 3.63) is 0 Å². The molecule has 6 amide bonds. The van der Waals surface area contributed by atoms with Crippen molar-refractivity contribution in [1.82, 2.24) is 31.9 Å². The monoisotopic (exact) mass is 1570 g/mol. The Labute approximate surface area is 600 Å². The van der Waals surface area contributed by atoms with E-state index in [-0.39, 0.29) is 173 Å². The van der Waals surface area contributed by atoms with E-state index in [1.807, 2.05) is 6.92 Å². The zero-order valence-corrected chi connectivity index (χ0v) is 60.8. The van der Waals surface area contributed by atoms with E-state index in [9.17, 15) is 74.7 Å². The van der Waals surface area contributed by atoms with Gasteiger partial charge in [0.1, 0.15) is 0 Å². The van der Waals surface area contributed by atoms with E-state index in [0.717, 1.165) is 0 Å². The fourth-order valence-electron chi connectivity index (χ4n) is 11.1. The van der Waals surface area contributed by atoms with Crippen molar-refractivity contribution in [3.8, 4) is 0 Å². The zero-order valence-electron chi connectivity index (χ0n) is 57.8. The first-order valence-electron chi connectivity index (χ1n) is 35.2. The summed E-state index contributed by atoms with van der Waals surface area (Å²) in [7, 11) is -9.43. The third-order valence-electron chi connectivity index (χ3n) is 17.5. The summed E-state index contributed by atoms with van der Waals surface area (Å²) < 4.78 is 114. The molecule has 12 saturated heterocycles. The summed E-state index contributed by atoms with van der Waals surface area (Å²) in [5.74, 6) is -1.50. The Balaban J connectivity index is 0.588. The van der Waals surface area contributed by atoms with Crippen LogP contribution in [-0.2, 0) is 126 Å². The molecule has 42 nitrogen and oxygen atoms in total. The summed E-state index contributed by atoms with van der Waals surface area (Å²) in [6.07, 6.45) is -16.2. The second kappa shape index (κ2) is 41.8. The van der Waals surface area contributed by atoms with Crippen LogP contribution in [0.2, 0.25) is 0 Å². The quantitative estimate of drug-likeness (QED) is 0.0201.